The fourth-order valence-electron chi connectivity index (χ4n) is 2.46. The van der Waals surface area contributed by atoms with Gasteiger partial charge >= 0.3 is 0 Å². The first-order chi connectivity index (χ1) is 12.2. The van der Waals surface area contributed by atoms with Gasteiger partial charge in [0.25, 0.3) is 0 Å². The first kappa shape index (κ1) is 16.7. The Balaban J connectivity index is 1.64. The predicted octanol–water partition coefficient (Wildman–Crippen LogP) is 2.91. The van der Waals surface area contributed by atoms with Crippen LogP contribution in [-0.2, 0) is 17.8 Å². The van der Waals surface area contributed by atoms with E-state index in [1.807, 2.05) is 36.4 Å². The van der Waals surface area contributed by atoms with Gasteiger partial charge in [0.15, 0.2) is 0 Å². The number of ether oxygens (including phenoxy) is 1. The van der Waals surface area contributed by atoms with Crippen molar-refractivity contribution in [2.24, 2.45) is 0 Å². The summed E-state index contributed by atoms with van der Waals surface area (Å²) in [5.41, 5.74) is 2.33. The summed E-state index contributed by atoms with van der Waals surface area (Å²) in [6.07, 6.45) is 3.52. The van der Waals surface area contributed by atoms with E-state index in [9.17, 15) is 4.79 Å². The molecule has 6 nitrogen and oxygen atoms in total. The maximum atomic E-state index is 12.2. The number of methoxy groups -OCH3 is 1. The van der Waals surface area contributed by atoms with Crippen molar-refractivity contribution in [3.05, 3.63) is 65.8 Å². The summed E-state index contributed by atoms with van der Waals surface area (Å²) in [7, 11) is 1.61. The Kier molecular flexibility index (Phi) is 5.09. The van der Waals surface area contributed by atoms with Crippen LogP contribution >= 0.6 is 0 Å². The first-order valence-electron chi connectivity index (χ1n) is 7.92. The number of nitrogens with zero attached hydrogens (tertiary/aromatic N) is 2. The molecule has 128 valence electrons. The van der Waals surface area contributed by atoms with Crippen molar-refractivity contribution < 1.29 is 13.9 Å². The summed E-state index contributed by atoms with van der Waals surface area (Å²) in [6, 6.07) is 11.3. The maximum Gasteiger partial charge on any atom is 0.228 e. The summed E-state index contributed by atoms with van der Waals surface area (Å²) in [5, 5.41) is 2.89. The third-order valence-electron chi connectivity index (χ3n) is 3.80. The normalized spacial score (nSPS) is 10.5. The number of benzene rings is 1. The number of hydrogen-bond acceptors (Lipinski definition) is 5. The molecule has 0 spiro atoms. The monoisotopic (exact) mass is 337 g/mol. The molecule has 0 atom stereocenters. The molecular weight excluding hydrogens is 318 g/mol. The van der Waals surface area contributed by atoms with Crippen molar-refractivity contribution in [1.82, 2.24) is 15.3 Å². The molecule has 25 heavy (non-hydrogen) atoms. The molecule has 0 saturated carbocycles. The molecule has 0 bridgehead atoms. The van der Waals surface area contributed by atoms with Crippen LogP contribution in [0, 0.1) is 6.92 Å². The van der Waals surface area contributed by atoms with E-state index in [-0.39, 0.29) is 12.3 Å². The highest BCUT2D eigenvalue weighted by Crippen LogP contribution is 2.21. The van der Waals surface area contributed by atoms with E-state index in [0.29, 0.717) is 23.9 Å². The van der Waals surface area contributed by atoms with Gasteiger partial charge in [0.05, 0.1) is 24.8 Å². The predicted molar refractivity (Wildman–Crippen MR) is 93.0 cm³/mol. The topological polar surface area (TPSA) is 77.2 Å². The van der Waals surface area contributed by atoms with Crippen molar-refractivity contribution in [2.45, 2.75) is 19.9 Å². The minimum absolute atomic E-state index is 0.125. The fraction of sp³-hybridized carbons (Fsp3) is 0.211. The van der Waals surface area contributed by atoms with Crippen LogP contribution in [0.2, 0.25) is 0 Å². The van der Waals surface area contributed by atoms with E-state index in [2.05, 4.69) is 15.3 Å². The lowest BCUT2D eigenvalue weighted by Gasteiger charge is -2.09. The van der Waals surface area contributed by atoms with Crippen molar-refractivity contribution in [3.8, 4) is 17.2 Å². The van der Waals surface area contributed by atoms with E-state index < -0.39 is 0 Å². The van der Waals surface area contributed by atoms with E-state index in [0.717, 1.165) is 16.9 Å². The lowest BCUT2D eigenvalue weighted by molar-refractivity contribution is -0.120. The van der Waals surface area contributed by atoms with Gasteiger partial charge in [0.2, 0.25) is 11.8 Å². The van der Waals surface area contributed by atoms with Gasteiger partial charge in [-0.3, -0.25) is 9.78 Å². The zero-order valence-corrected chi connectivity index (χ0v) is 14.2. The molecule has 0 aliphatic heterocycles. The van der Waals surface area contributed by atoms with E-state index in [1.54, 1.807) is 26.4 Å². The Labute approximate surface area is 145 Å². The smallest absolute Gasteiger partial charge is 0.228 e. The van der Waals surface area contributed by atoms with Crippen LogP contribution < -0.4 is 10.1 Å². The number of para-hydroxylation sites is 1. The fourth-order valence-corrected chi connectivity index (χ4v) is 2.46. The third-order valence-corrected chi connectivity index (χ3v) is 3.80. The minimum Gasteiger partial charge on any atom is -0.496 e. The molecule has 0 aliphatic carbocycles. The summed E-state index contributed by atoms with van der Waals surface area (Å²) < 4.78 is 10.9. The van der Waals surface area contributed by atoms with Gasteiger partial charge < -0.3 is 14.5 Å². The number of hydrogen-bond donors (Lipinski definition) is 1. The molecule has 1 aromatic carbocycles. The minimum atomic E-state index is -0.125. The SMILES string of the molecule is COc1ccccc1CNC(=O)Cc1nc(-c2cccnc2)oc1C. The van der Waals surface area contributed by atoms with Crippen LogP contribution in [-0.4, -0.2) is 23.0 Å². The van der Waals surface area contributed by atoms with Crippen LogP contribution in [0.4, 0.5) is 0 Å². The molecule has 6 heteroatoms. The number of aryl methyl sites for hydroxylation is 1. The number of aromatic nitrogens is 2. The zero-order chi connectivity index (χ0) is 17.6. The van der Waals surface area contributed by atoms with Gasteiger partial charge in [-0.1, -0.05) is 18.2 Å². The number of pyridine rings is 1. The van der Waals surface area contributed by atoms with Crippen LogP contribution in [0.3, 0.4) is 0 Å². The lowest BCUT2D eigenvalue weighted by Crippen LogP contribution is -2.25. The van der Waals surface area contributed by atoms with Crippen molar-refractivity contribution in [1.29, 1.82) is 0 Å². The summed E-state index contributed by atoms with van der Waals surface area (Å²) in [4.78, 5) is 20.7. The molecular formula is C19H19N3O3. The molecule has 2 heterocycles. The van der Waals surface area contributed by atoms with Crippen LogP contribution in [0.5, 0.6) is 5.75 Å². The molecule has 0 radical (unpaired) electrons. The molecule has 0 saturated heterocycles. The summed E-state index contributed by atoms with van der Waals surface area (Å²) in [6.45, 7) is 2.20. The Morgan fingerprint density at radius 3 is 2.84 bits per heavy atom. The molecule has 0 unspecified atom stereocenters. The van der Waals surface area contributed by atoms with Gasteiger partial charge in [-0.25, -0.2) is 4.98 Å². The number of nitrogens with one attached hydrogen (secondary N) is 1. The van der Waals surface area contributed by atoms with Gasteiger partial charge in [-0.2, -0.15) is 0 Å². The summed E-state index contributed by atoms with van der Waals surface area (Å²) >= 11 is 0. The van der Waals surface area contributed by atoms with Crippen LogP contribution in [0.25, 0.3) is 11.5 Å². The third kappa shape index (κ3) is 4.03. The van der Waals surface area contributed by atoms with Crippen LogP contribution in [0.1, 0.15) is 17.0 Å². The van der Waals surface area contributed by atoms with Gasteiger partial charge in [0, 0.05) is 24.5 Å². The first-order valence-corrected chi connectivity index (χ1v) is 7.92. The Morgan fingerprint density at radius 1 is 1.24 bits per heavy atom. The van der Waals surface area contributed by atoms with Crippen molar-refractivity contribution in [2.75, 3.05) is 7.11 Å². The van der Waals surface area contributed by atoms with Crippen molar-refractivity contribution in [3.63, 3.8) is 0 Å². The molecule has 1 amide bonds. The van der Waals surface area contributed by atoms with Gasteiger partial charge in [0.1, 0.15) is 11.5 Å². The number of carbonyl (C=O) groups excluding carboxylic acids is 1. The lowest BCUT2D eigenvalue weighted by atomic mass is 10.2. The molecule has 1 N–H and O–H groups in total. The average molecular weight is 337 g/mol. The highest BCUT2D eigenvalue weighted by atomic mass is 16.5. The highest BCUT2D eigenvalue weighted by Gasteiger charge is 2.15. The standard InChI is InChI=1S/C19H19N3O3/c1-13-16(22-19(25-13)15-7-5-9-20-11-15)10-18(23)21-12-14-6-3-4-8-17(14)24-2/h3-9,11H,10,12H2,1-2H3,(H,21,23). The highest BCUT2D eigenvalue weighted by molar-refractivity contribution is 5.78. The number of oxazole rings is 1. The Bertz CT molecular complexity index is 859. The second kappa shape index (κ2) is 7.61. The molecule has 2 aromatic heterocycles. The van der Waals surface area contributed by atoms with Gasteiger partial charge in [-0.15, -0.1) is 0 Å². The van der Waals surface area contributed by atoms with Crippen LogP contribution in [0.15, 0.2) is 53.2 Å². The number of carbonyl (C=O) groups is 1. The van der Waals surface area contributed by atoms with Gasteiger partial charge in [-0.05, 0) is 25.1 Å². The number of rotatable bonds is 6. The zero-order valence-electron chi connectivity index (χ0n) is 14.2. The molecule has 3 aromatic rings. The van der Waals surface area contributed by atoms with E-state index in [1.165, 1.54) is 0 Å². The second-order valence-corrected chi connectivity index (χ2v) is 5.53. The quantitative estimate of drug-likeness (QED) is 0.748. The molecule has 0 aliphatic rings. The van der Waals surface area contributed by atoms with E-state index >= 15 is 0 Å². The molecule has 0 fully saturated rings. The van der Waals surface area contributed by atoms with E-state index in [4.69, 9.17) is 9.15 Å². The largest absolute Gasteiger partial charge is 0.496 e. The summed E-state index contributed by atoms with van der Waals surface area (Å²) in [5.74, 6) is 1.73. The average Bonchev–Trinajstić information content (AvgIpc) is 3.01. The Morgan fingerprint density at radius 2 is 2.08 bits per heavy atom. The van der Waals surface area contributed by atoms with Crippen molar-refractivity contribution >= 4 is 5.91 Å². The maximum absolute atomic E-state index is 12.2. The Hall–Kier alpha value is -3.15. The number of amides is 1. The second-order valence-electron chi connectivity index (χ2n) is 5.53. The molecule has 3 rings (SSSR count).